The van der Waals surface area contributed by atoms with E-state index < -0.39 is 39.3 Å². The molecule has 1 aliphatic carbocycles. The summed E-state index contributed by atoms with van der Waals surface area (Å²) in [5.74, 6) is -2.51. The summed E-state index contributed by atoms with van der Waals surface area (Å²) in [6, 6.07) is 59.7. The van der Waals surface area contributed by atoms with Gasteiger partial charge in [-0.05, 0) is 75.4 Å². The average Bonchev–Trinajstić information content (AvgIpc) is 4.17. The molecule has 0 spiro atoms. The summed E-state index contributed by atoms with van der Waals surface area (Å²) in [7, 11) is -4.67. The van der Waals surface area contributed by atoms with Gasteiger partial charge in [-0.1, -0.05) is 147 Å². The maximum atomic E-state index is 12.4. The quantitative estimate of drug-likeness (QED) is 0.0645. The van der Waals surface area contributed by atoms with Crippen LogP contribution in [0.1, 0.15) is 135 Å². The molecule has 1 unspecified atom stereocenters. The molecule has 0 bridgehead atoms. The van der Waals surface area contributed by atoms with Crippen molar-refractivity contribution in [3.8, 4) is 0 Å². The predicted molar refractivity (Wildman–Crippen MR) is 297 cm³/mol. The molecule has 79 heavy (non-hydrogen) atoms. The minimum absolute atomic E-state index is 0. The van der Waals surface area contributed by atoms with Crippen LogP contribution in [0.3, 0.4) is 0 Å². The predicted octanol–water partition coefficient (Wildman–Crippen LogP) is 5.12. The molecule has 4 heterocycles. The molecule has 7 aromatic carbocycles. The molecule has 1 saturated heterocycles. The van der Waals surface area contributed by atoms with Crippen LogP contribution in [-0.2, 0) is 51.8 Å². The fourth-order valence-corrected chi connectivity index (χ4v) is 8.82. The van der Waals surface area contributed by atoms with Gasteiger partial charge in [-0.2, -0.15) is 44.8 Å². The van der Waals surface area contributed by atoms with Gasteiger partial charge in [0.25, 0.3) is 0 Å². The van der Waals surface area contributed by atoms with Crippen LogP contribution in [0.25, 0.3) is 0 Å². The van der Waals surface area contributed by atoms with E-state index in [0.717, 1.165) is 57.7 Å². The molecule has 0 amide bonds. The van der Waals surface area contributed by atoms with Gasteiger partial charge in [0, 0.05) is 46.4 Å². The fraction of sp³-hybridized carbons (Fsp3) is 0.230. The Morgan fingerprint density at radius 3 is 1.23 bits per heavy atom. The molecule has 5 aliphatic rings. The molecule has 4 aliphatic heterocycles. The van der Waals surface area contributed by atoms with Gasteiger partial charge in [0.05, 0.1) is 22.3 Å². The van der Waals surface area contributed by atoms with Gasteiger partial charge in [0.1, 0.15) is 5.60 Å². The number of carbonyl (C=O) groups is 4. The third kappa shape index (κ3) is 18.8. The number of ketones is 1. The molecule has 1 atom stereocenters. The van der Waals surface area contributed by atoms with E-state index in [1.807, 2.05) is 167 Å². The second-order valence-electron chi connectivity index (χ2n) is 18.7. The smallest absolute Gasteiger partial charge is 1.00 e. The van der Waals surface area contributed by atoms with Crippen molar-refractivity contribution in [2.45, 2.75) is 76.8 Å². The number of hydrogen-bond acceptors (Lipinski definition) is 11. The largest absolute Gasteiger partial charge is 2.00 e. The van der Waals surface area contributed by atoms with E-state index in [0.29, 0.717) is 16.7 Å². The van der Waals surface area contributed by atoms with Gasteiger partial charge >= 0.3 is 74.4 Å². The third-order valence-electron chi connectivity index (χ3n) is 12.3. The van der Waals surface area contributed by atoms with Gasteiger partial charge in [0.2, 0.25) is 5.79 Å². The molecule has 18 heteroatoms. The Labute approximate surface area is 517 Å². The minimum atomic E-state index is -4.67. The van der Waals surface area contributed by atoms with E-state index >= 15 is 0 Å². The zero-order valence-corrected chi connectivity index (χ0v) is 52.0. The van der Waals surface area contributed by atoms with E-state index in [2.05, 4.69) is 36.8 Å². The van der Waals surface area contributed by atoms with Crippen LogP contribution >= 0.6 is 0 Å². The molecule has 12 rings (SSSR count). The SMILES string of the molecule is C1CCOC1.CC1(C)OC(=O)c2ccccc21.CC1(C)OC(O)(c2ccccc2)c2ccccc21.CC1(C)c2ccccc2C(=O)c2ccccc21.O=C1OC(=O)c2ccccc21.O=S(=O)(O)O.[Br-].[Br-].[CH3-].[Mg+2].[Mg+2].[c-]1ccccc1. The number of ether oxygens (including phenoxy) is 4. The van der Waals surface area contributed by atoms with E-state index in [1.165, 1.54) is 12.8 Å². The number of esters is 3. The maximum Gasteiger partial charge on any atom is 2.00 e. The normalized spacial score (nSPS) is 16.9. The number of carbonyl (C=O) groups excluding carboxylic acids is 4. The number of benzene rings is 7. The van der Waals surface area contributed by atoms with E-state index in [4.69, 9.17) is 31.7 Å². The van der Waals surface area contributed by atoms with Crippen LogP contribution < -0.4 is 34.0 Å². The van der Waals surface area contributed by atoms with Gasteiger partial charge in [-0.3, -0.25) is 13.9 Å². The van der Waals surface area contributed by atoms with Crippen molar-refractivity contribution in [2.24, 2.45) is 0 Å². The van der Waals surface area contributed by atoms with Crippen molar-refractivity contribution < 1.29 is 94.7 Å². The van der Waals surface area contributed by atoms with Crippen LogP contribution in [0.15, 0.2) is 182 Å². The molecule has 0 radical (unpaired) electrons. The number of fused-ring (bicyclic) bond motifs is 5. The van der Waals surface area contributed by atoms with E-state index in [9.17, 15) is 24.3 Å². The number of aliphatic hydroxyl groups is 1. The van der Waals surface area contributed by atoms with Crippen molar-refractivity contribution in [3.05, 3.63) is 257 Å². The average molecular weight is 1240 g/mol. The zero-order valence-electron chi connectivity index (χ0n) is 45.2. The summed E-state index contributed by atoms with van der Waals surface area (Å²) in [6.07, 6.45) is 2.56. The van der Waals surface area contributed by atoms with Crippen LogP contribution in [0.4, 0.5) is 0 Å². The molecule has 408 valence electrons. The summed E-state index contributed by atoms with van der Waals surface area (Å²) in [5, 5.41) is 10.9. The summed E-state index contributed by atoms with van der Waals surface area (Å²) >= 11 is 0. The first-order chi connectivity index (χ1) is 35.1. The monoisotopic (exact) mass is 1240 g/mol. The Bertz CT molecular complexity index is 3080. The van der Waals surface area contributed by atoms with Crippen molar-refractivity contribution in [2.75, 3.05) is 13.2 Å². The molecule has 7 aromatic rings. The second kappa shape index (κ2) is 31.9. The molecule has 1 fully saturated rings. The standard InChI is InChI=1S/C16H16O2.C16H14O.C10H10O2.C8H4O3.C6H5.C4H8O.CH3.2BrH.2Mg.H2O4S/c1-15(2)13-10-6-7-11-14(13)16(17,18-15)12-8-4-3-5-9-12;1-16(2)13-9-5-3-7-11(13)15(17)12-8-4-6-10-14(12)16;1-10(2)8-6-4-3-5-7(8)9(11)12-10;9-7-5-3-1-2-4-6(5)8(10)11-7;1-2-4-6-5-3-1;1-2-4-5-3-1;;;;;;1-5(2,3)4/h3-11,17H,1-2H3;3-10H,1-2H3;3-6H,1-2H3;1-4H;1-5H;1-4H2;1H3;2*1H;;;(H2,1,2,3,4)/q;;;;-1;;-1;;;2*+2;/p-2. The first-order valence-electron chi connectivity index (χ1n) is 23.7. The van der Waals surface area contributed by atoms with Crippen LogP contribution in [-0.4, -0.2) is 106 Å². The number of cyclic esters (lactones) is 3. The number of rotatable bonds is 1. The van der Waals surface area contributed by atoms with Crippen LogP contribution in [0, 0.1) is 13.5 Å². The second-order valence-corrected chi connectivity index (χ2v) is 19.6. The van der Waals surface area contributed by atoms with E-state index in [1.54, 1.807) is 30.3 Å². The van der Waals surface area contributed by atoms with Crippen LogP contribution in [0.2, 0.25) is 0 Å². The van der Waals surface area contributed by atoms with Gasteiger partial charge in [0.15, 0.2) is 5.78 Å². The third-order valence-corrected chi connectivity index (χ3v) is 12.3. The zero-order chi connectivity index (χ0) is 53.7. The topological polar surface area (TPSA) is 200 Å². The van der Waals surface area contributed by atoms with Crippen LogP contribution in [0.5, 0.6) is 0 Å². The molecule has 3 N–H and O–H groups in total. The van der Waals surface area contributed by atoms with Gasteiger partial charge in [-0.15, -0.1) is 0 Å². The molecular formula is C61H62Br2Mg2O13S. The Balaban J connectivity index is 0.000000477. The van der Waals surface area contributed by atoms with Gasteiger partial charge in [-0.25, -0.2) is 14.4 Å². The first-order valence-corrected chi connectivity index (χ1v) is 25.1. The summed E-state index contributed by atoms with van der Waals surface area (Å²) in [6.45, 7) is 14.1. The Hall–Kier alpha value is -4.94. The molecule has 13 nitrogen and oxygen atoms in total. The van der Waals surface area contributed by atoms with Gasteiger partial charge < -0.3 is 65.4 Å². The maximum absolute atomic E-state index is 12.4. The van der Waals surface area contributed by atoms with E-state index in [-0.39, 0.29) is 105 Å². The molecule has 0 saturated carbocycles. The summed E-state index contributed by atoms with van der Waals surface area (Å²) in [5.41, 5.74) is 7.95. The van der Waals surface area contributed by atoms with Crippen molar-refractivity contribution in [3.63, 3.8) is 0 Å². The van der Waals surface area contributed by atoms with Crippen molar-refractivity contribution >= 4 is 80.2 Å². The minimum Gasteiger partial charge on any atom is -1.00 e. The Morgan fingerprint density at radius 2 is 0.835 bits per heavy atom. The summed E-state index contributed by atoms with van der Waals surface area (Å²) < 4.78 is 52.0. The van der Waals surface area contributed by atoms with Crippen molar-refractivity contribution in [1.29, 1.82) is 0 Å². The Morgan fingerprint density at radius 1 is 0.468 bits per heavy atom. The number of hydrogen-bond donors (Lipinski definition) is 3. The molecule has 0 aromatic heterocycles. The fourth-order valence-electron chi connectivity index (χ4n) is 8.82. The first kappa shape index (κ1) is 72.1. The molecular weight excluding hydrogens is 1180 g/mol. The Kier molecular flexibility index (Phi) is 29.1. The van der Waals surface area contributed by atoms with Crippen molar-refractivity contribution in [1.82, 2.24) is 0 Å². The number of halogens is 2. The summed E-state index contributed by atoms with van der Waals surface area (Å²) in [4.78, 5) is 45.3.